The van der Waals surface area contributed by atoms with Gasteiger partial charge in [0.05, 0.1) is 18.8 Å². The molecule has 3 aromatic rings. The van der Waals surface area contributed by atoms with Gasteiger partial charge in [-0.3, -0.25) is 4.79 Å². The molecule has 2 heterocycles. The Morgan fingerprint density at radius 2 is 1.54 bits per heavy atom. The maximum absolute atomic E-state index is 13.8. The minimum Gasteiger partial charge on any atom is -0.465 e. The van der Waals surface area contributed by atoms with Gasteiger partial charge in [0.1, 0.15) is 17.2 Å². The molecule has 41 heavy (non-hydrogen) atoms. The fourth-order valence-electron chi connectivity index (χ4n) is 5.54. The molecule has 0 saturated heterocycles. The summed E-state index contributed by atoms with van der Waals surface area (Å²) in [5.74, 6) is -2.76. The number of carbonyl (C=O) groups is 2. The van der Waals surface area contributed by atoms with Crippen LogP contribution in [0.3, 0.4) is 0 Å². The van der Waals surface area contributed by atoms with Crippen LogP contribution in [0.5, 0.6) is 5.75 Å². The molecule has 1 aliphatic heterocycles. The first-order valence-corrected chi connectivity index (χ1v) is 13.4. The zero-order valence-corrected chi connectivity index (χ0v) is 24.3. The largest absolute Gasteiger partial charge is 0.465 e. The summed E-state index contributed by atoms with van der Waals surface area (Å²) in [6.45, 7) is 28.9. The molecule has 0 spiro atoms. The van der Waals surface area contributed by atoms with Gasteiger partial charge < -0.3 is 29.2 Å². The van der Waals surface area contributed by atoms with Crippen LogP contribution in [0, 0.1) is 18.6 Å². The average Bonchev–Trinajstić information content (AvgIpc) is 2.90. The fourth-order valence-corrected chi connectivity index (χ4v) is 5.54. The number of esters is 2. The van der Waals surface area contributed by atoms with Crippen LogP contribution in [0.25, 0.3) is 31.5 Å². The molecule has 0 aliphatic carbocycles. The van der Waals surface area contributed by atoms with Crippen molar-refractivity contribution in [1.29, 1.82) is 0 Å². The van der Waals surface area contributed by atoms with E-state index < -0.39 is 23.4 Å². The average molecular weight is 556 g/mol. The number of ether oxygens (including phenoxy) is 3. The third-order valence-corrected chi connectivity index (χ3v) is 6.47. The number of hydrogen-bond acceptors (Lipinski definition) is 8. The fraction of sp³-hybridized carbons (Fsp3) is 0.419. The molecule has 0 amide bonds. The Hall–Kier alpha value is -4.70. The highest BCUT2D eigenvalue weighted by molar-refractivity contribution is 6.13. The molecule has 0 saturated carbocycles. The molecule has 212 valence electrons. The van der Waals surface area contributed by atoms with E-state index in [0.29, 0.717) is 22.7 Å². The van der Waals surface area contributed by atoms with Gasteiger partial charge in [0.15, 0.2) is 0 Å². The van der Waals surface area contributed by atoms with Crippen LogP contribution in [0.1, 0.15) is 66.4 Å². The van der Waals surface area contributed by atoms with Gasteiger partial charge in [-0.2, -0.15) is 0 Å². The third-order valence-electron chi connectivity index (χ3n) is 6.47. The standard InChI is InChI=1S/C31H33N5O5/c1-10-39-28(37)19-20-23-22(34-25(32-8)26(33-9)35-23)17-14-12-13-15-18(17)24(20)41-27(21(19)29(38)40-11-2)36-31(6,7)16-30(3,4)5/h12-15,19,36H,10-11,16H2,1-7H3. The van der Waals surface area contributed by atoms with E-state index in [1.54, 1.807) is 13.8 Å². The van der Waals surface area contributed by atoms with Gasteiger partial charge in [0, 0.05) is 16.3 Å². The van der Waals surface area contributed by atoms with E-state index in [1.807, 2.05) is 38.1 Å². The minimum absolute atomic E-state index is 0.0585. The molecule has 0 fully saturated rings. The number of hydrogen-bond donors (Lipinski definition) is 1. The lowest BCUT2D eigenvalue weighted by Crippen LogP contribution is -2.45. The Kier molecular flexibility index (Phi) is 7.89. The molecule has 10 nitrogen and oxygen atoms in total. The van der Waals surface area contributed by atoms with Crippen molar-refractivity contribution in [3.05, 3.63) is 64.1 Å². The molecular weight excluding hydrogens is 522 g/mol. The van der Waals surface area contributed by atoms with Crippen LogP contribution in [0.15, 0.2) is 35.7 Å². The highest BCUT2D eigenvalue weighted by atomic mass is 16.5. The summed E-state index contributed by atoms with van der Waals surface area (Å²) in [5.41, 5.74) is 0.0261. The van der Waals surface area contributed by atoms with Crippen molar-refractivity contribution < 1.29 is 23.8 Å². The van der Waals surface area contributed by atoms with E-state index in [4.69, 9.17) is 27.4 Å². The summed E-state index contributed by atoms with van der Waals surface area (Å²) in [5, 5.41) is 4.60. The molecule has 0 bridgehead atoms. The highest BCUT2D eigenvalue weighted by Crippen LogP contribution is 2.49. The van der Waals surface area contributed by atoms with E-state index in [1.165, 1.54) is 0 Å². The summed E-state index contributed by atoms with van der Waals surface area (Å²) in [4.78, 5) is 43.1. The predicted octanol–water partition coefficient (Wildman–Crippen LogP) is 6.50. The molecular formula is C31H33N5O5. The van der Waals surface area contributed by atoms with E-state index in [0.717, 1.165) is 0 Å². The number of rotatable bonds is 7. The van der Waals surface area contributed by atoms with Crippen molar-refractivity contribution >= 4 is 45.4 Å². The maximum Gasteiger partial charge on any atom is 0.340 e. The molecule has 2 aromatic carbocycles. The first-order valence-electron chi connectivity index (χ1n) is 13.4. The number of nitrogens with zero attached hydrogens (tertiary/aromatic N) is 4. The topological polar surface area (TPSA) is 108 Å². The lowest BCUT2D eigenvalue weighted by molar-refractivity contribution is -0.148. The molecule has 10 heteroatoms. The van der Waals surface area contributed by atoms with Crippen LogP contribution >= 0.6 is 0 Å². The summed E-state index contributed by atoms with van der Waals surface area (Å²) in [6.07, 6.45) is 0.706. The van der Waals surface area contributed by atoms with E-state index in [-0.39, 0.29) is 58.6 Å². The van der Waals surface area contributed by atoms with Crippen molar-refractivity contribution in [2.75, 3.05) is 13.2 Å². The normalized spacial score (nSPS) is 15.0. The first-order chi connectivity index (χ1) is 19.4. The van der Waals surface area contributed by atoms with Crippen LogP contribution in [0.4, 0.5) is 11.6 Å². The Labute approximate surface area is 239 Å². The second-order valence-electron chi connectivity index (χ2n) is 11.6. The summed E-state index contributed by atoms with van der Waals surface area (Å²) < 4.78 is 17.5. The zero-order chi connectivity index (χ0) is 30.1. The van der Waals surface area contributed by atoms with Gasteiger partial charge in [0.25, 0.3) is 11.6 Å². The Bertz CT molecular complexity index is 1670. The quantitative estimate of drug-likeness (QED) is 0.200. The molecule has 1 aliphatic rings. The molecule has 1 atom stereocenters. The Morgan fingerprint density at radius 3 is 2.10 bits per heavy atom. The van der Waals surface area contributed by atoms with E-state index in [2.05, 4.69) is 45.7 Å². The first kappa shape index (κ1) is 29.3. The van der Waals surface area contributed by atoms with Gasteiger partial charge in [-0.05, 0) is 45.6 Å². The zero-order valence-electron chi connectivity index (χ0n) is 24.3. The summed E-state index contributed by atoms with van der Waals surface area (Å²) >= 11 is 0. The minimum atomic E-state index is -1.30. The van der Waals surface area contributed by atoms with Crippen LogP contribution in [0.2, 0.25) is 0 Å². The second kappa shape index (κ2) is 11.1. The smallest absolute Gasteiger partial charge is 0.340 e. The Balaban J connectivity index is 2.14. The van der Waals surface area contributed by atoms with Crippen LogP contribution in [-0.2, 0) is 19.1 Å². The lowest BCUT2D eigenvalue weighted by atomic mass is 9.81. The van der Waals surface area contributed by atoms with Gasteiger partial charge in [-0.25, -0.2) is 4.79 Å². The monoisotopic (exact) mass is 555 g/mol. The predicted molar refractivity (Wildman–Crippen MR) is 155 cm³/mol. The number of benzene rings is 2. The molecule has 0 radical (unpaired) electrons. The number of aromatic nitrogens is 2. The third kappa shape index (κ3) is 5.64. The van der Waals surface area contributed by atoms with Gasteiger partial charge in [0.2, 0.25) is 16.9 Å². The molecule has 4 rings (SSSR count). The SMILES string of the molecule is [C-]#[N+]c1nc2c3c(c4ccccc4c2nc1[N+]#[C-])OC(NC(C)(C)CC(C)(C)C)=C(C(=O)OCC)C3C(=O)OCC. The molecule has 1 unspecified atom stereocenters. The number of nitrogens with one attached hydrogen (secondary N) is 1. The summed E-state index contributed by atoms with van der Waals surface area (Å²) in [6, 6.07) is 7.25. The van der Waals surface area contributed by atoms with Crippen molar-refractivity contribution in [2.24, 2.45) is 5.41 Å². The van der Waals surface area contributed by atoms with Gasteiger partial charge in [-0.15, -0.1) is 9.97 Å². The van der Waals surface area contributed by atoms with E-state index >= 15 is 0 Å². The van der Waals surface area contributed by atoms with Crippen molar-refractivity contribution in [2.45, 2.75) is 66.3 Å². The lowest BCUT2D eigenvalue weighted by Gasteiger charge is -2.37. The Morgan fingerprint density at radius 1 is 0.951 bits per heavy atom. The molecule has 1 aromatic heterocycles. The molecule has 1 N–H and O–H groups in total. The van der Waals surface area contributed by atoms with Crippen molar-refractivity contribution in [3.8, 4) is 5.75 Å². The van der Waals surface area contributed by atoms with Crippen molar-refractivity contribution in [1.82, 2.24) is 15.3 Å². The summed E-state index contributed by atoms with van der Waals surface area (Å²) in [7, 11) is 0. The number of carbonyl (C=O) groups excluding carboxylic acids is 2. The van der Waals surface area contributed by atoms with Crippen LogP contribution in [-0.4, -0.2) is 40.7 Å². The van der Waals surface area contributed by atoms with Crippen LogP contribution < -0.4 is 10.1 Å². The second-order valence-corrected chi connectivity index (χ2v) is 11.6. The highest BCUT2D eigenvalue weighted by Gasteiger charge is 2.46. The van der Waals surface area contributed by atoms with Gasteiger partial charge >= 0.3 is 11.9 Å². The van der Waals surface area contributed by atoms with Gasteiger partial charge in [-0.1, -0.05) is 52.1 Å². The van der Waals surface area contributed by atoms with E-state index in [9.17, 15) is 9.59 Å². The number of fused-ring (bicyclic) bond motifs is 6. The van der Waals surface area contributed by atoms with Crippen molar-refractivity contribution in [3.63, 3.8) is 0 Å². The maximum atomic E-state index is 13.8.